The van der Waals surface area contributed by atoms with Gasteiger partial charge in [-0.25, -0.2) is 5.43 Å². The fraction of sp³-hybridized carbons (Fsp3) is 0.148. The van der Waals surface area contributed by atoms with Crippen LogP contribution < -0.4 is 15.5 Å². The topological polar surface area (TPSA) is 92.9 Å². The average molecular weight is 520 g/mol. The first-order valence-corrected chi connectivity index (χ1v) is 12.6. The monoisotopic (exact) mass is 519 g/mol. The molecular formula is C27H22ClN3O4S. The smallest absolute Gasteiger partial charge is 0.291 e. The number of thiophene rings is 1. The Balaban J connectivity index is 1.39. The predicted molar refractivity (Wildman–Crippen MR) is 141 cm³/mol. The molecule has 0 radical (unpaired) electrons. The van der Waals surface area contributed by atoms with Crippen molar-refractivity contribution in [2.24, 2.45) is 5.10 Å². The SMILES string of the molecule is Cc1c(C(=O)Nc2cc(Cl)ccc2Oc2ccccc2)oc2c1/C(=N/NC(=O)c1cccs1)CCC2. The summed E-state index contributed by atoms with van der Waals surface area (Å²) in [6.45, 7) is 1.82. The van der Waals surface area contributed by atoms with Gasteiger partial charge >= 0.3 is 0 Å². The Labute approximate surface area is 216 Å². The van der Waals surface area contributed by atoms with Crippen LogP contribution in [0.5, 0.6) is 11.5 Å². The first-order chi connectivity index (χ1) is 17.5. The van der Waals surface area contributed by atoms with Crippen molar-refractivity contribution in [2.45, 2.75) is 26.2 Å². The zero-order valence-electron chi connectivity index (χ0n) is 19.3. The third-order valence-corrected chi connectivity index (χ3v) is 6.83. The molecular weight excluding hydrogens is 498 g/mol. The molecule has 2 aromatic carbocycles. The van der Waals surface area contributed by atoms with E-state index in [4.69, 9.17) is 20.8 Å². The lowest BCUT2D eigenvalue weighted by Gasteiger charge is -2.13. The highest BCUT2D eigenvalue weighted by Gasteiger charge is 2.28. The molecule has 182 valence electrons. The Kier molecular flexibility index (Phi) is 6.88. The van der Waals surface area contributed by atoms with Crippen LogP contribution in [0.25, 0.3) is 0 Å². The fourth-order valence-corrected chi connectivity index (χ4v) is 4.85. The maximum atomic E-state index is 13.3. The van der Waals surface area contributed by atoms with E-state index >= 15 is 0 Å². The number of hydrogen-bond donors (Lipinski definition) is 2. The lowest BCUT2D eigenvalue weighted by Crippen LogP contribution is -2.21. The summed E-state index contributed by atoms with van der Waals surface area (Å²) in [6.07, 6.45) is 2.15. The van der Waals surface area contributed by atoms with Crippen molar-refractivity contribution in [1.29, 1.82) is 0 Å². The predicted octanol–water partition coefficient (Wildman–Crippen LogP) is 6.82. The van der Waals surface area contributed by atoms with Gasteiger partial charge in [0.15, 0.2) is 11.5 Å². The highest BCUT2D eigenvalue weighted by atomic mass is 35.5. The summed E-state index contributed by atoms with van der Waals surface area (Å²) >= 11 is 7.55. The number of nitrogens with one attached hydrogen (secondary N) is 2. The van der Waals surface area contributed by atoms with Gasteiger partial charge in [0.1, 0.15) is 11.5 Å². The number of anilines is 1. The number of nitrogens with zero attached hydrogens (tertiary/aromatic N) is 1. The third-order valence-electron chi connectivity index (χ3n) is 5.73. The van der Waals surface area contributed by atoms with Gasteiger partial charge in [-0.3, -0.25) is 9.59 Å². The number of ether oxygens (including phenoxy) is 1. The number of aryl methyl sites for hydroxylation is 1. The minimum absolute atomic E-state index is 0.185. The van der Waals surface area contributed by atoms with Crippen molar-refractivity contribution >= 4 is 46.2 Å². The summed E-state index contributed by atoms with van der Waals surface area (Å²) < 4.78 is 11.9. The van der Waals surface area contributed by atoms with Crippen LogP contribution in [0.15, 0.2) is 75.6 Å². The molecule has 0 saturated heterocycles. The van der Waals surface area contributed by atoms with Crippen molar-refractivity contribution < 1.29 is 18.7 Å². The van der Waals surface area contributed by atoms with Gasteiger partial charge < -0.3 is 14.5 Å². The molecule has 4 aromatic rings. The van der Waals surface area contributed by atoms with Gasteiger partial charge in [0.2, 0.25) is 0 Å². The van der Waals surface area contributed by atoms with E-state index in [1.807, 2.05) is 48.7 Å². The molecule has 0 saturated carbocycles. The summed E-state index contributed by atoms with van der Waals surface area (Å²) in [5.74, 6) is 1.25. The molecule has 0 unspecified atom stereocenters. The quantitative estimate of drug-likeness (QED) is 0.273. The Bertz CT molecular complexity index is 1450. The average Bonchev–Trinajstić information content (AvgIpc) is 3.54. The maximum Gasteiger partial charge on any atom is 0.291 e. The normalized spacial score (nSPS) is 13.8. The lowest BCUT2D eigenvalue weighted by molar-refractivity contribution is 0.0957. The van der Waals surface area contributed by atoms with E-state index in [1.165, 1.54) is 11.3 Å². The van der Waals surface area contributed by atoms with Gasteiger partial charge in [-0.05, 0) is 61.5 Å². The standard InChI is InChI=1S/C27H22ClN3O4S/c1-16-24-19(30-31-26(32)23-11-6-14-36-23)9-5-10-22(24)35-25(16)27(33)29-20-15-17(28)12-13-21(20)34-18-7-3-2-4-8-18/h2-4,6-8,11-15H,5,9-10H2,1H3,(H,29,33)(H,31,32)/b30-19+. The highest BCUT2D eigenvalue weighted by Crippen LogP contribution is 2.34. The number of hydrogen-bond acceptors (Lipinski definition) is 6. The number of hydrazone groups is 1. The third kappa shape index (κ3) is 5.05. The number of carbonyl (C=O) groups is 2. The van der Waals surface area contributed by atoms with Crippen molar-refractivity contribution in [1.82, 2.24) is 5.43 Å². The second-order valence-corrected chi connectivity index (χ2v) is 9.58. The zero-order chi connectivity index (χ0) is 25.1. The van der Waals surface area contributed by atoms with E-state index in [-0.39, 0.29) is 11.7 Å². The number of para-hydroxylation sites is 1. The zero-order valence-corrected chi connectivity index (χ0v) is 20.9. The van der Waals surface area contributed by atoms with E-state index in [2.05, 4.69) is 15.8 Å². The molecule has 2 heterocycles. The maximum absolute atomic E-state index is 13.3. The van der Waals surface area contributed by atoms with Gasteiger partial charge in [0.05, 0.1) is 16.3 Å². The minimum atomic E-state index is -0.427. The largest absolute Gasteiger partial charge is 0.455 e. The molecule has 0 aliphatic heterocycles. The van der Waals surface area contributed by atoms with E-state index in [9.17, 15) is 9.59 Å². The Hall–Kier alpha value is -3.88. The molecule has 2 N–H and O–H groups in total. The molecule has 5 rings (SSSR count). The summed E-state index contributed by atoms with van der Waals surface area (Å²) in [7, 11) is 0. The number of fused-ring (bicyclic) bond motifs is 1. The molecule has 0 atom stereocenters. The van der Waals surface area contributed by atoms with Gasteiger partial charge in [-0.15, -0.1) is 11.3 Å². The van der Waals surface area contributed by atoms with Crippen LogP contribution in [0.3, 0.4) is 0 Å². The van der Waals surface area contributed by atoms with Crippen LogP contribution in [0.4, 0.5) is 5.69 Å². The summed E-state index contributed by atoms with van der Waals surface area (Å²) in [5, 5.41) is 9.53. The molecule has 0 bridgehead atoms. The first-order valence-electron chi connectivity index (χ1n) is 11.4. The van der Waals surface area contributed by atoms with E-state index in [0.717, 1.165) is 12.0 Å². The summed E-state index contributed by atoms with van der Waals surface area (Å²) in [4.78, 5) is 26.2. The van der Waals surface area contributed by atoms with Crippen molar-refractivity contribution in [2.75, 3.05) is 5.32 Å². The van der Waals surface area contributed by atoms with Crippen LogP contribution in [0.1, 0.15) is 50.0 Å². The van der Waals surface area contributed by atoms with E-state index in [0.29, 0.717) is 57.0 Å². The second kappa shape index (κ2) is 10.4. The number of amides is 2. The molecule has 2 aromatic heterocycles. The van der Waals surface area contributed by atoms with Crippen molar-refractivity contribution in [3.8, 4) is 11.5 Å². The van der Waals surface area contributed by atoms with Crippen LogP contribution in [-0.2, 0) is 6.42 Å². The summed E-state index contributed by atoms with van der Waals surface area (Å²) in [6, 6.07) is 17.8. The molecule has 36 heavy (non-hydrogen) atoms. The molecule has 0 spiro atoms. The molecule has 0 fully saturated rings. The molecule has 7 nitrogen and oxygen atoms in total. The Morgan fingerprint density at radius 2 is 1.89 bits per heavy atom. The molecule has 1 aliphatic rings. The number of rotatable bonds is 6. The van der Waals surface area contributed by atoms with Gasteiger partial charge in [-0.1, -0.05) is 35.9 Å². The van der Waals surface area contributed by atoms with Crippen LogP contribution in [0, 0.1) is 6.92 Å². The van der Waals surface area contributed by atoms with Crippen LogP contribution in [0.2, 0.25) is 5.02 Å². The first kappa shape index (κ1) is 23.8. The second-order valence-electron chi connectivity index (χ2n) is 8.19. The van der Waals surface area contributed by atoms with Crippen LogP contribution >= 0.6 is 22.9 Å². The van der Waals surface area contributed by atoms with Gasteiger partial charge in [-0.2, -0.15) is 5.10 Å². The number of carbonyl (C=O) groups excluding carboxylic acids is 2. The minimum Gasteiger partial charge on any atom is -0.455 e. The van der Waals surface area contributed by atoms with Crippen LogP contribution in [-0.4, -0.2) is 17.5 Å². The molecule has 2 amide bonds. The van der Waals surface area contributed by atoms with E-state index < -0.39 is 5.91 Å². The van der Waals surface area contributed by atoms with Gasteiger partial charge in [0, 0.05) is 22.6 Å². The molecule has 9 heteroatoms. The lowest BCUT2D eigenvalue weighted by atomic mass is 9.93. The van der Waals surface area contributed by atoms with Crippen molar-refractivity contribution in [3.05, 3.63) is 98.6 Å². The Morgan fingerprint density at radius 1 is 1.06 bits per heavy atom. The molecule has 1 aliphatic carbocycles. The number of benzene rings is 2. The van der Waals surface area contributed by atoms with Gasteiger partial charge in [0.25, 0.3) is 11.8 Å². The fourth-order valence-electron chi connectivity index (χ4n) is 4.06. The van der Waals surface area contributed by atoms with E-state index in [1.54, 1.807) is 24.3 Å². The number of halogens is 1. The number of furan rings is 1. The van der Waals surface area contributed by atoms with Crippen molar-refractivity contribution in [3.63, 3.8) is 0 Å². The summed E-state index contributed by atoms with van der Waals surface area (Å²) in [5.41, 5.74) is 5.17. The Morgan fingerprint density at radius 3 is 2.67 bits per heavy atom. The highest BCUT2D eigenvalue weighted by molar-refractivity contribution is 7.12.